The van der Waals surface area contributed by atoms with Crippen molar-refractivity contribution < 1.29 is 9.90 Å². The van der Waals surface area contributed by atoms with Crippen LogP contribution in [0.25, 0.3) is 0 Å². The summed E-state index contributed by atoms with van der Waals surface area (Å²) < 4.78 is 1.82. The highest BCUT2D eigenvalue weighted by Crippen LogP contribution is 2.16. The molecule has 0 bridgehead atoms. The molecule has 2 aromatic rings. The summed E-state index contributed by atoms with van der Waals surface area (Å²) in [5, 5.41) is 17.1. The second-order valence-electron chi connectivity index (χ2n) is 5.83. The number of anilines is 1. The zero-order chi connectivity index (χ0) is 15.9. The number of hydrogen-bond acceptors (Lipinski definition) is 3. The van der Waals surface area contributed by atoms with Crippen LogP contribution in [0.2, 0.25) is 0 Å². The van der Waals surface area contributed by atoms with Crippen LogP contribution >= 0.6 is 0 Å². The van der Waals surface area contributed by atoms with E-state index in [2.05, 4.69) is 24.3 Å². The zero-order valence-electron chi connectivity index (χ0n) is 13.1. The van der Waals surface area contributed by atoms with Crippen LogP contribution in [0, 0.1) is 5.92 Å². The van der Waals surface area contributed by atoms with Crippen molar-refractivity contribution in [3.63, 3.8) is 0 Å². The first-order valence-electron chi connectivity index (χ1n) is 7.61. The lowest BCUT2D eigenvalue weighted by atomic mass is 10.1. The number of rotatable bonds is 7. The first-order valence-corrected chi connectivity index (χ1v) is 7.61. The molecule has 1 amide bonds. The van der Waals surface area contributed by atoms with Gasteiger partial charge in [0.05, 0.1) is 12.5 Å². The van der Waals surface area contributed by atoms with Crippen LogP contribution < -0.4 is 5.32 Å². The summed E-state index contributed by atoms with van der Waals surface area (Å²) in [5.74, 6) is 0.891. The molecule has 2 N–H and O–H groups in total. The number of aliphatic hydroxyl groups is 1. The largest absolute Gasteiger partial charge is 0.388 e. The van der Waals surface area contributed by atoms with E-state index in [-0.39, 0.29) is 12.3 Å². The first-order chi connectivity index (χ1) is 10.5. The second-order valence-corrected chi connectivity index (χ2v) is 5.83. The molecule has 0 saturated heterocycles. The van der Waals surface area contributed by atoms with Gasteiger partial charge in [-0.3, -0.25) is 9.48 Å². The molecule has 0 radical (unpaired) electrons. The molecule has 1 atom stereocenters. The minimum Gasteiger partial charge on any atom is -0.388 e. The monoisotopic (exact) mass is 301 g/mol. The van der Waals surface area contributed by atoms with E-state index in [0.717, 1.165) is 18.5 Å². The molecule has 1 aromatic heterocycles. The highest BCUT2D eigenvalue weighted by Gasteiger charge is 2.13. The number of aryl methyl sites for hydroxylation is 1. The van der Waals surface area contributed by atoms with Gasteiger partial charge in [0, 0.05) is 18.8 Å². The molecule has 118 valence electrons. The fraction of sp³-hybridized carbons (Fsp3) is 0.412. The molecular formula is C17H23N3O2. The third kappa shape index (κ3) is 5.00. The molecule has 0 fully saturated rings. The van der Waals surface area contributed by atoms with Crippen LogP contribution in [-0.2, 0) is 11.3 Å². The highest BCUT2D eigenvalue weighted by molar-refractivity contribution is 5.90. The van der Waals surface area contributed by atoms with Gasteiger partial charge in [0.25, 0.3) is 0 Å². The van der Waals surface area contributed by atoms with Crippen molar-refractivity contribution in [1.29, 1.82) is 0 Å². The van der Waals surface area contributed by atoms with Crippen molar-refractivity contribution in [3.05, 3.63) is 48.2 Å². The first kappa shape index (κ1) is 16.2. The highest BCUT2D eigenvalue weighted by atomic mass is 16.3. The molecule has 5 nitrogen and oxygen atoms in total. The van der Waals surface area contributed by atoms with Crippen LogP contribution in [0.15, 0.2) is 42.6 Å². The maximum absolute atomic E-state index is 12.0. The Morgan fingerprint density at radius 2 is 2.00 bits per heavy atom. The maximum atomic E-state index is 12.0. The van der Waals surface area contributed by atoms with Crippen LogP contribution in [0.5, 0.6) is 0 Å². The fourth-order valence-corrected chi connectivity index (χ4v) is 2.11. The summed E-state index contributed by atoms with van der Waals surface area (Å²) in [6.45, 7) is 5.16. The Balaban J connectivity index is 1.84. The molecular weight excluding hydrogens is 278 g/mol. The SMILES string of the molecule is CC(C)CCn1ccc(NC(=O)CC(O)c2ccccc2)n1. The minimum absolute atomic E-state index is 0.0167. The third-order valence-electron chi connectivity index (χ3n) is 3.41. The van der Waals surface area contributed by atoms with Crippen molar-refractivity contribution in [1.82, 2.24) is 9.78 Å². The van der Waals surface area contributed by atoms with Crippen molar-refractivity contribution in [2.45, 2.75) is 39.3 Å². The number of aliphatic hydroxyl groups excluding tert-OH is 1. The molecule has 1 unspecified atom stereocenters. The Morgan fingerprint density at radius 3 is 2.68 bits per heavy atom. The van der Waals surface area contributed by atoms with E-state index in [1.807, 2.05) is 29.1 Å². The van der Waals surface area contributed by atoms with E-state index in [0.29, 0.717) is 11.7 Å². The summed E-state index contributed by atoms with van der Waals surface area (Å²) in [7, 11) is 0. The summed E-state index contributed by atoms with van der Waals surface area (Å²) in [5.41, 5.74) is 0.736. The van der Waals surface area contributed by atoms with Gasteiger partial charge < -0.3 is 10.4 Å². The zero-order valence-corrected chi connectivity index (χ0v) is 13.1. The Labute approximate surface area is 131 Å². The van der Waals surface area contributed by atoms with Gasteiger partial charge in [0.15, 0.2) is 5.82 Å². The number of benzene rings is 1. The Morgan fingerprint density at radius 1 is 1.27 bits per heavy atom. The molecule has 0 aliphatic carbocycles. The molecule has 0 spiro atoms. The second kappa shape index (κ2) is 7.75. The van der Waals surface area contributed by atoms with Crippen molar-refractivity contribution in [2.75, 3.05) is 5.32 Å². The van der Waals surface area contributed by atoms with Gasteiger partial charge in [-0.05, 0) is 17.9 Å². The summed E-state index contributed by atoms with van der Waals surface area (Å²) >= 11 is 0. The number of aromatic nitrogens is 2. The van der Waals surface area contributed by atoms with E-state index < -0.39 is 6.10 Å². The van der Waals surface area contributed by atoms with Crippen LogP contribution in [0.3, 0.4) is 0 Å². The predicted molar refractivity (Wildman–Crippen MR) is 86.3 cm³/mol. The quantitative estimate of drug-likeness (QED) is 0.826. The fourth-order valence-electron chi connectivity index (χ4n) is 2.11. The molecule has 2 rings (SSSR count). The Kier molecular flexibility index (Phi) is 5.72. The molecule has 5 heteroatoms. The van der Waals surface area contributed by atoms with E-state index in [4.69, 9.17) is 0 Å². The lowest BCUT2D eigenvalue weighted by molar-refractivity contribution is -0.118. The number of carbonyl (C=O) groups is 1. The van der Waals surface area contributed by atoms with Crippen LogP contribution in [-0.4, -0.2) is 20.8 Å². The summed E-state index contributed by atoms with van der Waals surface area (Å²) in [6, 6.07) is 10.9. The lowest BCUT2D eigenvalue weighted by Crippen LogP contribution is -2.16. The molecule has 0 aliphatic heterocycles. The van der Waals surface area contributed by atoms with Crippen LogP contribution in [0.4, 0.5) is 5.82 Å². The van der Waals surface area contributed by atoms with E-state index in [9.17, 15) is 9.90 Å². The van der Waals surface area contributed by atoms with Gasteiger partial charge >= 0.3 is 0 Å². The van der Waals surface area contributed by atoms with Gasteiger partial charge in [-0.25, -0.2) is 0 Å². The maximum Gasteiger partial charge on any atom is 0.228 e. The predicted octanol–water partition coefficient (Wildman–Crippen LogP) is 2.99. The normalized spacial score (nSPS) is 12.4. The molecule has 1 heterocycles. The van der Waals surface area contributed by atoms with E-state index >= 15 is 0 Å². The standard InChI is InChI=1S/C17H23N3O2/c1-13(2)8-10-20-11-9-16(19-20)18-17(22)12-15(21)14-6-4-3-5-7-14/h3-7,9,11,13,15,21H,8,10,12H2,1-2H3,(H,18,19,22). The molecule has 0 saturated carbocycles. The third-order valence-corrected chi connectivity index (χ3v) is 3.41. The molecule has 0 aliphatic rings. The lowest BCUT2D eigenvalue weighted by Gasteiger charge is -2.10. The Bertz CT molecular complexity index is 593. The van der Waals surface area contributed by atoms with Gasteiger partial charge in [0.1, 0.15) is 0 Å². The topological polar surface area (TPSA) is 67.2 Å². The number of nitrogens with zero attached hydrogens (tertiary/aromatic N) is 2. The minimum atomic E-state index is -0.802. The average molecular weight is 301 g/mol. The molecule has 1 aromatic carbocycles. The van der Waals surface area contributed by atoms with Crippen molar-refractivity contribution >= 4 is 11.7 Å². The molecule has 22 heavy (non-hydrogen) atoms. The number of nitrogens with one attached hydrogen (secondary N) is 1. The van der Waals surface area contributed by atoms with Crippen molar-refractivity contribution in [2.24, 2.45) is 5.92 Å². The van der Waals surface area contributed by atoms with Gasteiger partial charge in [-0.15, -0.1) is 0 Å². The average Bonchev–Trinajstić information content (AvgIpc) is 2.93. The van der Waals surface area contributed by atoms with Gasteiger partial charge in [-0.2, -0.15) is 5.10 Å². The summed E-state index contributed by atoms with van der Waals surface area (Å²) in [6.07, 6.45) is 2.11. The number of amides is 1. The van der Waals surface area contributed by atoms with Gasteiger partial charge in [-0.1, -0.05) is 44.2 Å². The number of hydrogen-bond donors (Lipinski definition) is 2. The van der Waals surface area contributed by atoms with Gasteiger partial charge in [0.2, 0.25) is 5.91 Å². The van der Waals surface area contributed by atoms with Crippen molar-refractivity contribution in [3.8, 4) is 0 Å². The number of carbonyl (C=O) groups excluding carboxylic acids is 1. The van der Waals surface area contributed by atoms with E-state index in [1.165, 1.54) is 0 Å². The smallest absolute Gasteiger partial charge is 0.228 e. The Hall–Kier alpha value is -2.14. The summed E-state index contributed by atoms with van der Waals surface area (Å²) in [4.78, 5) is 12.0. The van der Waals surface area contributed by atoms with Crippen LogP contribution in [0.1, 0.15) is 38.4 Å². The van der Waals surface area contributed by atoms with E-state index in [1.54, 1.807) is 18.2 Å².